The summed E-state index contributed by atoms with van der Waals surface area (Å²) in [5, 5.41) is 3.21. The van der Waals surface area contributed by atoms with Gasteiger partial charge < -0.3 is 15.8 Å². The second kappa shape index (κ2) is 7.96. The lowest BCUT2D eigenvalue weighted by atomic mass is 9.84. The summed E-state index contributed by atoms with van der Waals surface area (Å²) in [6.45, 7) is 7.08. The van der Waals surface area contributed by atoms with Crippen LogP contribution in [-0.2, 0) is 9.53 Å². The van der Waals surface area contributed by atoms with Gasteiger partial charge >= 0.3 is 0 Å². The van der Waals surface area contributed by atoms with Crippen molar-refractivity contribution >= 4 is 5.91 Å². The van der Waals surface area contributed by atoms with Gasteiger partial charge in [0.25, 0.3) is 0 Å². The predicted molar refractivity (Wildman–Crippen MR) is 81.5 cm³/mol. The van der Waals surface area contributed by atoms with Gasteiger partial charge in [-0.25, -0.2) is 0 Å². The van der Waals surface area contributed by atoms with E-state index in [4.69, 9.17) is 10.5 Å². The third-order valence-corrected chi connectivity index (χ3v) is 4.91. The molecule has 1 aliphatic carbocycles. The summed E-state index contributed by atoms with van der Waals surface area (Å²) in [7, 11) is 3.59. The number of rotatable bonds is 9. The largest absolute Gasteiger partial charge is 0.383 e. The van der Waals surface area contributed by atoms with E-state index in [-0.39, 0.29) is 5.91 Å². The zero-order valence-electron chi connectivity index (χ0n) is 13.4. The number of likely N-dealkylation sites (N-methyl/N-ethyl adjacent to an activating group) is 2. The van der Waals surface area contributed by atoms with Crippen LogP contribution in [-0.4, -0.2) is 56.2 Å². The van der Waals surface area contributed by atoms with E-state index in [0.717, 1.165) is 45.4 Å². The Bertz CT molecular complexity index is 311. The summed E-state index contributed by atoms with van der Waals surface area (Å²) in [5.41, 5.74) is 5.15. The second-order valence-corrected chi connectivity index (χ2v) is 5.90. The average molecular weight is 285 g/mol. The molecule has 3 atom stereocenters. The first kappa shape index (κ1) is 17.4. The predicted octanol–water partition coefficient (Wildman–Crippen LogP) is 0.977. The number of nitrogens with two attached hydrogens (primary N) is 1. The van der Waals surface area contributed by atoms with Crippen molar-refractivity contribution in [3.63, 3.8) is 0 Å². The SMILES string of the molecule is CCN(CCC1CCCC1(NC)C(N)=O)C(C)COC. The maximum Gasteiger partial charge on any atom is 0.238 e. The topological polar surface area (TPSA) is 67.6 Å². The first-order chi connectivity index (χ1) is 9.51. The number of carbonyl (C=O) groups is 1. The van der Waals surface area contributed by atoms with Crippen LogP contribution in [0.15, 0.2) is 0 Å². The van der Waals surface area contributed by atoms with E-state index in [2.05, 4.69) is 24.1 Å². The Balaban J connectivity index is 2.60. The second-order valence-electron chi connectivity index (χ2n) is 5.90. The Morgan fingerprint density at radius 2 is 2.30 bits per heavy atom. The highest BCUT2D eigenvalue weighted by molar-refractivity contribution is 5.85. The van der Waals surface area contributed by atoms with Gasteiger partial charge in [0.05, 0.1) is 6.61 Å². The van der Waals surface area contributed by atoms with Gasteiger partial charge in [0.2, 0.25) is 5.91 Å². The average Bonchev–Trinajstić information content (AvgIpc) is 2.84. The molecule has 0 radical (unpaired) electrons. The van der Waals surface area contributed by atoms with Crippen molar-refractivity contribution in [1.29, 1.82) is 0 Å². The first-order valence-electron chi connectivity index (χ1n) is 7.73. The summed E-state index contributed by atoms with van der Waals surface area (Å²) in [6, 6.07) is 0.406. The van der Waals surface area contributed by atoms with Gasteiger partial charge in [-0.3, -0.25) is 9.69 Å². The van der Waals surface area contributed by atoms with Crippen LogP contribution in [0.3, 0.4) is 0 Å². The maximum atomic E-state index is 11.8. The summed E-state index contributed by atoms with van der Waals surface area (Å²) in [6.07, 6.45) is 4.03. The van der Waals surface area contributed by atoms with Crippen LogP contribution in [0.4, 0.5) is 0 Å². The van der Waals surface area contributed by atoms with Crippen molar-refractivity contribution < 1.29 is 9.53 Å². The molecule has 1 aliphatic rings. The Labute approximate surface area is 123 Å². The van der Waals surface area contributed by atoms with Crippen molar-refractivity contribution in [2.45, 2.75) is 51.1 Å². The van der Waals surface area contributed by atoms with Gasteiger partial charge in [-0.05, 0) is 52.2 Å². The molecule has 118 valence electrons. The maximum absolute atomic E-state index is 11.8. The first-order valence-corrected chi connectivity index (χ1v) is 7.73. The molecule has 5 nitrogen and oxygen atoms in total. The summed E-state index contributed by atoms with van der Waals surface area (Å²) in [4.78, 5) is 14.2. The molecule has 1 saturated carbocycles. The van der Waals surface area contributed by atoms with Gasteiger partial charge in [0.1, 0.15) is 5.54 Å². The number of hydrogen-bond acceptors (Lipinski definition) is 4. The minimum absolute atomic E-state index is 0.199. The van der Waals surface area contributed by atoms with Crippen molar-refractivity contribution in [2.24, 2.45) is 11.7 Å². The van der Waals surface area contributed by atoms with Crippen LogP contribution in [0, 0.1) is 5.92 Å². The fraction of sp³-hybridized carbons (Fsp3) is 0.933. The summed E-state index contributed by atoms with van der Waals surface area (Å²) in [5.74, 6) is 0.143. The number of ether oxygens (including phenoxy) is 1. The Hall–Kier alpha value is -0.650. The lowest BCUT2D eigenvalue weighted by Gasteiger charge is -2.35. The molecule has 5 heteroatoms. The monoisotopic (exact) mass is 285 g/mol. The molecule has 0 aliphatic heterocycles. The van der Waals surface area contributed by atoms with Gasteiger partial charge in [-0.2, -0.15) is 0 Å². The van der Waals surface area contributed by atoms with Gasteiger partial charge in [0, 0.05) is 13.2 Å². The zero-order valence-corrected chi connectivity index (χ0v) is 13.4. The molecule has 0 aromatic carbocycles. The van der Waals surface area contributed by atoms with Crippen LogP contribution in [0.2, 0.25) is 0 Å². The number of hydrogen-bond donors (Lipinski definition) is 2. The van der Waals surface area contributed by atoms with Gasteiger partial charge in [-0.1, -0.05) is 13.3 Å². The quantitative estimate of drug-likeness (QED) is 0.662. The molecule has 1 amide bonds. The van der Waals surface area contributed by atoms with Crippen LogP contribution >= 0.6 is 0 Å². The summed E-state index contributed by atoms with van der Waals surface area (Å²) < 4.78 is 5.23. The molecular weight excluding hydrogens is 254 g/mol. The Morgan fingerprint density at radius 3 is 2.80 bits per heavy atom. The fourth-order valence-electron chi connectivity index (χ4n) is 3.60. The molecular formula is C15H31N3O2. The van der Waals surface area contributed by atoms with E-state index in [1.165, 1.54) is 0 Å². The highest BCUT2D eigenvalue weighted by Crippen LogP contribution is 2.37. The standard InChI is InChI=1S/C15H31N3O2/c1-5-18(12(2)11-20-4)10-8-13-7-6-9-15(13,17-3)14(16)19/h12-13,17H,5-11H2,1-4H3,(H2,16,19). The molecule has 0 aromatic heterocycles. The van der Waals surface area contributed by atoms with E-state index in [1.807, 2.05) is 7.05 Å². The molecule has 0 heterocycles. The van der Waals surface area contributed by atoms with E-state index in [9.17, 15) is 4.79 Å². The molecule has 3 unspecified atom stereocenters. The van der Waals surface area contributed by atoms with E-state index >= 15 is 0 Å². The molecule has 3 N–H and O–H groups in total. The number of primary amides is 1. The van der Waals surface area contributed by atoms with Gasteiger partial charge in [0.15, 0.2) is 0 Å². The smallest absolute Gasteiger partial charge is 0.238 e. The third kappa shape index (κ3) is 3.71. The van der Waals surface area contributed by atoms with Crippen LogP contribution in [0.25, 0.3) is 0 Å². The molecule has 0 spiro atoms. The number of methoxy groups -OCH3 is 1. The zero-order chi connectivity index (χ0) is 15.2. The van der Waals surface area contributed by atoms with Crippen LogP contribution in [0.5, 0.6) is 0 Å². The number of nitrogens with zero attached hydrogens (tertiary/aromatic N) is 1. The third-order valence-electron chi connectivity index (χ3n) is 4.91. The van der Waals surface area contributed by atoms with E-state index < -0.39 is 5.54 Å². The van der Waals surface area contributed by atoms with Crippen molar-refractivity contribution in [2.75, 3.05) is 33.9 Å². The fourth-order valence-corrected chi connectivity index (χ4v) is 3.60. The highest BCUT2D eigenvalue weighted by atomic mass is 16.5. The molecule has 0 bridgehead atoms. The molecule has 20 heavy (non-hydrogen) atoms. The molecule has 0 aromatic rings. The Morgan fingerprint density at radius 1 is 1.60 bits per heavy atom. The van der Waals surface area contributed by atoms with Crippen molar-refractivity contribution in [1.82, 2.24) is 10.2 Å². The minimum atomic E-state index is -0.496. The lowest BCUT2D eigenvalue weighted by molar-refractivity contribution is -0.125. The molecule has 1 fully saturated rings. The number of nitrogens with one attached hydrogen (secondary N) is 1. The van der Waals surface area contributed by atoms with Crippen LogP contribution in [0.1, 0.15) is 39.5 Å². The highest BCUT2D eigenvalue weighted by Gasteiger charge is 2.46. The Kier molecular flexibility index (Phi) is 6.92. The van der Waals surface area contributed by atoms with Crippen molar-refractivity contribution in [3.8, 4) is 0 Å². The summed E-state index contributed by atoms with van der Waals surface area (Å²) >= 11 is 0. The molecule has 1 rings (SSSR count). The van der Waals surface area contributed by atoms with E-state index in [1.54, 1.807) is 7.11 Å². The van der Waals surface area contributed by atoms with Crippen molar-refractivity contribution in [3.05, 3.63) is 0 Å². The number of amides is 1. The minimum Gasteiger partial charge on any atom is -0.383 e. The van der Waals surface area contributed by atoms with E-state index in [0.29, 0.717) is 12.0 Å². The number of carbonyl (C=O) groups excluding carboxylic acids is 1. The van der Waals surface area contributed by atoms with Gasteiger partial charge in [-0.15, -0.1) is 0 Å². The van der Waals surface area contributed by atoms with Crippen LogP contribution < -0.4 is 11.1 Å². The molecule has 0 saturated heterocycles. The normalized spacial score (nSPS) is 27.9. The lowest BCUT2D eigenvalue weighted by Crippen LogP contribution is -2.57.